The number of hydrogen-bond donors (Lipinski definition) is 1. The van der Waals surface area contributed by atoms with Crippen molar-refractivity contribution in [3.63, 3.8) is 0 Å². The molecule has 0 unspecified atom stereocenters. The summed E-state index contributed by atoms with van der Waals surface area (Å²) in [5, 5.41) is 7.46. The summed E-state index contributed by atoms with van der Waals surface area (Å²) in [5.41, 5.74) is 2.06. The number of aromatic nitrogens is 1. The Bertz CT molecular complexity index is 1300. The molecule has 0 aliphatic carbocycles. The van der Waals surface area contributed by atoms with Gasteiger partial charge in [0.15, 0.2) is 5.58 Å². The normalized spacial score (nSPS) is 11.4. The van der Waals surface area contributed by atoms with E-state index < -0.39 is 10.0 Å². The maximum absolute atomic E-state index is 13.0. The Morgan fingerprint density at radius 2 is 1.73 bits per heavy atom. The number of carbonyl (C=O) groups is 1. The maximum atomic E-state index is 13.0. The summed E-state index contributed by atoms with van der Waals surface area (Å²) in [7, 11) is -2.28. The van der Waals surface area contributed by atoms with Gasteiger partial charge in [-0.3, -0.25) is 9.10 Å². The van der Waals surface area contributed by atoms with Crippen molar-refractivity contribution < 1.29 is 17.7 Å². The third kappa shape index (κ3) is 3.90. The number of fused-ring (bicyclic) bond motifs is 1. The number of benzene rings is 3. The molecule has 1 heterocycles. The van der Waals surface area contributed by atoms with E-state index in [9.17, 15) is 13.2 Å². The van der Waals surface area contributed by atoms with Crippen LogP contribution in [0.15, 0.2) is 88.3 Å². The molecule has 1 aromatic heterocycles. The number of anilines is 2. The van der Waals surface area contributed by atoms with Crippen LogP contribution in [0.2, 0.25) is 0 Å². The van der Waals surface area contributed by atoms with Gasteiger partial charge in [-0.2, -0.15) is 0 Å². The van der Waals surface area contributed by atoms with Crippen LogP contribution in [-0.4, -0.2) is 26.5 Å². The number of hydrogen-bond acceptors (Lipinski definition) is 5. The zero-order valence-electron chi connectivity index (χ0n) is 16.1. The lowest BCUT2D eigenvalue weighted by Crippen LogP contribution is -2.26. The van der Waals surface area contributed by atoms with E-state index in [1.54, 1.807) is 42.5 Å². The lowest BCUT2D eigenvalue weighted by Gasteiger charge is -2.19. The molecule has 4 rings (SSSR count). The largest absolute Gasteiger partial charge is 0.356 e. The predicted molar refractivity (Wildman–Crippen MR) is 115 cm³/mol. The lowest BCUT2D eigenvalue weighted by molar-refractivity contribution is -0.115. The molecule has 0 atom stereocenters. The summed E-state index contributed by atoms with van der Waals surface area (Å²) in [4.78, 5) is 12.6. The van der Waals surface area contributed by atoms with Gasteiger partial charge in [0.25, 0.3) is 10.0 Å². The van der Waals surface area contributed by atoms with Crippen molar-refractivity contribution in [2.45, 2.75) is 11.3 Å². The summed E-state index contributed by atoms with van der Waals surface area (Å²) in [6.45, 7) is 0. The highest BCUT2D eigenvalue weighted by molar-refractivity contribution is 7.92. The Hall–Kier alpha value is -3.65. The fourth-order valence-corrected chi connectivity index (χ4v) is 4.33. The van der Waals surface area contributed by atoms with Crippen molar-refractivity contribution in [2.24, 2.45) is 0 Å². The molecule has 30 heavy (non-hydrogen) atoms. The number of para-hydroxylation sites is 2. The first-order valence-electron chi connectivity index (χ1n) is 9.22. The Labute approximate surface area is 174 Å². The zero-order chi connectivity index (χ0) is 21.1. The number of nitrogens with one attached hydrogen (secondary N) is 1. The molecule has 152 valence electrons. The van der Waals surface area contributed by atoms with E-state index >= 15 is 0 Å². The Morgan fingerprint density at radius 3 is 2.53 bits per heavy atom. The monoisotopic (exact) mass is 421 g/mol. The number of rotatable bonds is 6. The van der Waals surface area contributed by atoms with Crippen molar-refractivity contribution >= 4 is 38.3 Å². The molecule has 8 heteroatoms. The second-order valence-corrected chi connectivity index (χ2v) is 8.66. The first-order chi connectivity index (χ1) is 14.4. The molecule has 0 aliphatic rings. The fraction of sp³-hybridized carbons (Fsp3) is 0.0909. The maximum Gasteiger partial charge on any atom is 0.264 e. The quantitative estimate of drug-likeness (QED) is 0.511. The van der Waals surface area contributed by atoms with E-state index in [2.05, 4.69) is 10.5 Å². The van der Waals surface area contributed by atoms with Gasteiger partial charge in [-0.05, 0) is 42.5 Å². The highest BCUT2D eigenvalue weighted by Crippen LogP contribution is 2.24. The van der Waals surface area contributed by atoms with Gasteiger partial charge in [0.2, 0.25) is 5.91 Å². The van der Waals surface area contributed by atoms with Gasteiger partial charge in [0.05, 0.1) is 17.0 Å². The van der Waals surface area contributed by atoms with Gasteiger partial charge in [0, 0.05) is 18.1 Å². The lowest BCUT2D eigenvalue weighted by atomic mass is 10.1. The molecule has 4 aromatic rings. The highest BCUT2D eigenvalue weighted by Gasteiger charge is 2.22. The van der Waals surface area contributed by atoms with E-state index in [0.717, 1.165) is 5.39 Å². The van der Waals surface area contributed by atoms with Gasteiger partial charge in [0.1, 0.15) is 5.69 Å². The predicted octanol–water partition coefficient (Wildman–Crippen LogP) is 3.83. The van der Waals surface area contributed by atoms with Crippen molar-refractivity contribution in [3.8, 4) is 0 Å². The third-order valence-electron chi connectivity index (χ3n) is 4.68. The van der Waals surface area contributed by atoms with Crippen LogP contribution in [0.3, 0.4) is 0 Å². The van der Waals surface area contributed by atoms with E-state index in [4.69, 9.17) is 4.52 Å². The minimum Gasteiger partial charge on any atom is -0.356 e. The number of amides is 1. The minimum atomic E-state index is -3.77. The van der Waals surface area contributed by atoms with Crippen LogP contribution in [0.1, 0.15) is 5.69 Å². The first-order valence-corrected chi connectivity index (χ1v) is 10.7. The smallest absolute Gasteiger partial charge is 0.264 e. The average Bonchev–Trinajstić information content (AvgIpc) is 3.16. The van der Waals surface area contributed by atoms with E-state index in [0.29, 0.717) is 22.7 Å². The molecule has 7 nitrogen and oxygen atoms in total. The number of nitrogens with zero attached hydrogens (tertiary/aromatic N) is 2. The number of carbonyl (C=O) groups excluding carboxylic acids is 1. The van der Waals surface area contributed by atoms with Crippen LogP contribution >= 0.6 is 0 Å². The van der Waals surface area contributed by atoms with Crippen molar-refractivity contribution in [1.29, 1.82) is 0 Å². The van der Waals surface area contributed by atoms with Gasteiger partial charge < -0.3 is 9.84 Å². The summed E-state index contributed by atoms with van der Waals surface area (Å²) < 4.78 is 32.3. The van der Waals surface area contributed by atoms with Gasteiger partial charge in [-0.15, -0.1) is 0 Å². The van der Waals surface area contributed by atoms with Crippen LogP contribution in [-0.2, 0) is 21.2 Å². The molecule has 1 amide bonds. The van der Waals surface area contributed by atoms with E-state index in [-0.39, 0.29) is 17.2 Å². The van der Waals surface area contributed by atoms with Gasteiger partial charge in [-0.1, -0.05) is 41.6 Å². The Balaban J connectivity index is 1.52. The molecule has 0 radical (unpaired) electrons. The van der Waals surface area contributed by atoms with Crippen LogP contribution < -0.4 is 9.62 Å². The SMILES string of the molecule is CN(c1ccccc1)S(=O)(=O)c1cccc(NC(=O)Cc2noc3ccccc23)c1. The highest BCUT2D eigenvalue weighted by atomic mass is 32.2. The summed E-state index contributed by atoms with van der Waals surface area (Å²) in [5.74, 6) is -0.319. The van der Waals surface area contributed by atoms with Crippen LogP contribution in [0.25, 0.3) is 11.0 Å². The molecule has 0 aliphatic heterocycles. The number of sulfonamides is 1. The zero-order valence-corrected chi connectivity index (χ0v) is 17.0. The topological polar surface area (TPSA) is 92.5 Å². The Morgan fingerprint density at radius 1 is 1.00 bits per heavy atom. The average molecular weight is 421 g/mol. The van der Waals surface area contributed by atoms with Crippen molar-refractivity contribution in [1.82, 2.24) is 5.16 Å². The molecular weight excluding hydrogens is 402 g/mol. The van der Waals surface area contributed by atoms with Crippen LogP contribution in [0.5, 0.6) is 0 Å². The molecule has 1 N–H and O–H groups in total. The third-order valence-corrected chi connectivity index (χ3v) is 6.46. The second-order valence-electron chi connectivity index (χ2n) is 6.69. The summed E-state index contributed by atoms with van der Waals surface area (Å²) in [6.07, 6.45) is 0.0118. The second kappa shape index (κ2) is 8.00. The fourth-order valence-electron chi connectivity index (χ4n) is 3.09. The van der Waals surface area contributed by atoms with Crippen molar-refractivity contribution in [3.05, 3.63) is 84.6 Å². The minimum absolute atomic E-state index is 0.0118. The van der Waals surface area contributed by atoms with Crippen LogP contribution in [0.4, 0.5) is 11.4 Å². The molecular formula is C22H19N3O4S. The van der Waals surface area contributed by atoms with Crippen molar-refractivity contribution in [2.75, 3.05) is 16.7 Å². The van der Waals surface area contributed by atoms with E-state index in [1.807, 2.05) is 24.3 Å². The Kier molecular flexibility index (Phi) is 5.24. The van der Waals surface area contributed by atoms with E-state index in [1.165, 1.54) is 23.5 Å². The molecule has 0 spiro atoms. The molecule has 3 aromatic carbocycles. The molecule has 0 fully saturated rings. The molecule has 0 bridgehead atoms. The van der Waals surface area contributed by atoms with Gasteiger partial charge >= 0.3 is 0 Å². The molecule has 0 saturated carbocycles. The van der Waals surface area contributed by atoms with Crippen LogP contribution in [0, 0.1) is 0 Å². The standard InChI is InChI=1S/C22H19N3O4S/c1-25(17-9-3-2-4-10-17)30(27,28)18-11-7-8-16(14-18)23-22(26)15-20-19-12-5-6-13-21(19)29-24-20/h2-14H,15H2,1H3,(H,23,26). The summed E-state index contributed by atoms with van der Waals surface area (Å²) in [6, 6.07) is 22.2. The summed E-state index contributed by atoms with van der Waals surface area (Å²) >= 11 is 0. The van der Waals surface area contributed by atoms with Gasteiger partial charge in [-0.25, -0.2) is 8.42 Å². The molecule has 0 saturated heterocycles. The first kappa shape index (κ1) is 19.7.